The van der Waals surface area contributed by atoms with Gasteiger partial charge in [0.15, 0.2) is 6.61 Å². The van der Waals surface area contributed by atoms with Crippen LogP contribution in [0.5, 0.6) is 11.5 Å². The molecule has 0 amide bonds. The van der Waals surface area contributed by atoms with Crippen molar-refractivity contribution in [3.8, 4) is 11.5 Å². The predicted molar refractivity (Wildman–Crippen MR) is 101 cm³/mol. The Bertz CT molecular complexity index is 654. The Morgan fingerprint density at radius 2 is 1.89 bits per heavy atom. The monoisotopic (exact) mass is 378 g/mol. The Morgan fingerprint density at radius 3 is 2.52 bits per heavy atom. The number of methoxy groups -OCH3 is 2. The van der Waals surface area contributed by atoms with Crippen LogP contribution in [0.3, 0.4) is 0 Å². The molecular formula is C21H30O6. The Labute approximate surface area is 161 Å². The van der Waals surface area contributed by atoms with Gasteiger partial charge in [-0.2, -0.15) is 0 Å². The van der Waals surface area contributed by atoms with Gasteiger partial charge in [-0.3, -0.25) is 0 Å². The highest BCUT2D eigenvalue weighted by molar-refractivity contribution is 5.93. The molecule has 1 aliphatic carbocycles. The van der Waals surface area contributed by atoms with E-state index in [1.165, 1.54) is 14.2 Å². The van der Waals surface area contributed by atoms with Crippen LogP contribution in [0.15, 0.2) is 18.2 Å². The lowest BCUT2D eigenvalue weighted by molar-refractivity contribution is -0.159. The minimum Gasteiger partial charge on any atom is -0.497 e. The van der Waals surface area contributed by atoms with E-state index in [1.807, 2.05) is 0 Å². The molecule has 1 aliphatic rings. The molecule has 1 fully saturated rings. The zero-order chi connectivity index (χ0) is 20.0. The molecule has 0 unspecified atom stereocenters. The molecule has 0 aromatic heterocycles. The van der Waals surface area contributed by atoms with E-state index in [0.717, 1.165) is 19.3 Å². The SMILES string of the molecule is COc1ccc(C(=O)OCC(=O)O[C@@H]2C[C@@H](C)CC[C@@H]2C(C)C)c(OC)c1. The van der Waals surface area contributed by atoms with Crippen LogP contribution in [0.1, 0.15) is 50.4 Å². The number of benzene rings is 1. The molecule has 150 valence electrons. The molecule has 6 nitrogen and oxygen atoms in total. The molecular weight excluding hydrogens is 348 g/mol. The van der Waals surface area contributed by atoms with Gasteiger partial charge < -0.3 is 18.9 Å². The minimum atomic E-state index is -0.635. The minimum absolute atomic E-state index is 0.115. The number of esters is 2. The van der Waals surface area contributed by atoms with Gasteiger partial charge in [-0.1, -0.05) is 27.2 Å². The van der Waals surface area contributed by atoms with Crippen LogP contribution in [0.4, 0.5) is 0 Å². The van der Waals surface area contributed by atoms with Crippen molar-refractivity contribution in [2.24, 2.45) is 17.8 Å². The molecule has 0 aliphatic heterocycles. The smallest absolute Gasteiger partial charge is 0.344 e. The van der Waals surface area contributed by atoms with E-state index < -0.39 is 18.5 Å². The average Bonchev–Trinajstić information content (AvgIpc) is 2.65. The summed E-state index contributed by atoms with van der Waals surface area (Å²) in [6.07, 6.45) is 2.95. The first-order chi connectivity index (χ1) is 12.8. The number of rotatable bonds is 7. The van der Waals surface area contributed by atoms with Crippen LogP contribution in [0, 0.1) is 17.8 Å². The first-order valence-corrected chi connectivity index (χ1v) is 9.44. The van der Waals surface area contributed by atoms with Gasteiger partial charge in [0.05, 0.1) is 14.2 Å². The largest absolute Gasteiger partial charge is 0.497 e. The summed E-state index contributed by atoms with van der Waals surface area (Å²) >= 11 is 0. The summed E-state index contributed by atoms with van der Waals surface area (Å²) in [5.41, 5.74) is 0.234. The van der Waals surface area contributed by atoms with Crippen molar-refractivity contribution in [3.05, 3.63) is 23.8 Å². The second-order valence-corrected chi connectivity index (χ2v) is 7.50. The van der Waals surface area contributed by atoms with Crippen LogP contribution < -0.4 is 9.47 Å². The van der Waals surface area contributed by atoms with Gasteiger partial charge >= 0.3 is 11.9 Å². The van der Waals surface area contributed by atoms with E-state index in [9.17, 15) is 9.59 Å². The third kappa shape index (κ3) is 5.62. The molecule has 3 atom stereocenters. The van der Waals surface area contributed by atoms with Crippen LogP contribution in [-0.4, -0.2) is 38.9 Å². The number of hydrogen-bond donors (Lipinski definition) is 0. The molecule has 27 heavy (non-hydrogen) atoms. The van der Waals surface area contributed by atoms with Gasteiger partial charge in [-0.25, -0.2) is 9.59 Å². The van der Waals surface area contributed by atoms with E-state index in [1.54, 1.807) is 18.2 Å². The number of carbonyl (C=O) groups excluding carboxylic acids is 2. The third-order valence-corrected chi connectivity index (χ3v) is 5.19. The van der Waals surface area contributed by atoms with Crippen LogP contribution in [0.2, 0.25) is 0 Å². The third-order valence-electron chi connectivity index (χ3n) is 5.19. The predicted octanol–water partition coefficient (Wildman–Crippen LogP) is 3.86. The molecule has 0 N–H and O–H groups in total. The topological polar surface area (TPSA) is 71.1 Å². The molecule has 2 rings (SSSR count). The molecule has 0 heterocycles. The van der Waals surface area contributed by atoms with Crippen molar-refractivity contribution in [2.45, 2.75) is 46.1 Å². The molecule has 1 aromatic carbocycles. The molecule has 0 saturated heterocycles. The van der Waals surface area contributed by atoms with Crippen molar-refractivity contribution in [1.82, 2.24) is 0 Å². The molecule has 6 heteroatoms. The Balaban J connectivity index is 1.93. The fourth-order valence-corrected chi connectivity index (χ4v) is 3.62. The summed E-state index contributed by atoms with van der Waals surface area (Å²) in [7, 11) is 2.98. The summed E-state index contributed by atoms with van der Waals surface area (Å²) in [4.78, 5) is 24.5. The standard InChI is InChI=1S/C21H30O6/c1-13(2)16-8-6-14(3)10-19(16)27-20(22)12-26-21(23)17-9-7-15(24-4)11-18(17)25-5/h7,9,11,13-14,16,19H,6,8,10,12H2,1-5H3/t14-,16+,19+/m0/s1. The summed E-state index contributed by atoms with van der Waals surface area (Å²) in [5.74, 6) is 1.07. The maximum atomic E-state index is 12.3. The van der Waals surface area contributed by atoms with Crippen molar-refractivity contribution < 1.29 is 28.5 Å². The van der Waals surface area contributed by atoms with Crippen molar-refractivity contribution in [1.29, 1.82) is 0 Å². The van der Waals surface area contributed by atoms with E-state index in [-0.39, 0.29) is 11.7 Å². The average molecular weight is 378 g/mol. The number of hydrogen-bond acceptors (Lipinski definition) is 6. The van der Waals surface area contributed by atoms with Crippen LogP contribution >= 0.6 is 0 Å². The summed E-state index contributed by atoms with van der Waals surface area (Å²) in [6.45, 7) is 6.06. The first-order valence-electron chi connectivity index (χ1n) is 9.44. The van der Waals surface area contributed by atoms with Crippen LogP contribution in [-0.2, 0) is 14.3 Å². The molecule has 0 radical (unpaired) electrons. The van der Waals surface area contributed by atoms with Gasteiger partial charge in [-0.05, 0) is 42.7 Å². The van der Waals surface area contributed by atoms with Gasteiger partial charge in [0, 0.05) is 6.07 Å². The van der Waals surface area contributed by atoms with Crippen molar-refractivity contribution >= 4 is 11.9 Å². The number of carbonyl (C=O) groups is 2. The first kappa shape index (κ1) is 21.1. The van der Waals surface area contributed by atoms with Gasteiger partial charge in [0.2, 0.25) is 0 Å². The Morgan fingerprint density at radius 1 is 1.15 bits per heavy atom. The maximum absolute atomic E-state index is 12.3. The Hall–Kier alpha value is -2.24. The zero-order valence-corrected chi connectivity index (χ0v) is 16.8. The van der Waals surface area contributed by atoms with E-state index in [4.69, 9.17) is 18.9 Å². The van der Waals surface area contributed by atoms with Crippen molar-refractivity contribution in [2.75, 3.05) is 20.8 Å². The molecule has 0 spiro atoms. The second kappa shape index (κ2) is 9.62. The van der Waals surface area contributed by atoms with E-state index in [2.05, 4.69) is 20.8 Å². The van der Waals surface area contributed by atoms with E-state index in [0.29, 0.717) is 29.3 Å². The normalized spacial score (nSPS) is 22.2. The molecule has 0 bridgehead atoms. The lowest BCUT2D eigenvalue weighted by Gasteiger charge is -2.36. The lowest BCUT2D eigenvalue weighted by atomic mass is 9.75. The zero-order valence-electron chi connectivity index (χ0n) is 16.8. The Kier molecular flexibility index (Phi) is 7.51. The van der Waals surface area contributed by atoms with Gasteiger partial charge in [-0.15, -0.1) is 0 Å². The highest BCUT2D eigenvalue weighted by atomic mass is 16.6. The van der Waals surface area contributed by atoms with Gasteiger partial charge in [0.1, 0.15) is 23.2 Å². The second-order valence-electron chi connectivity index (χ2n) is 7.50. The van der Waals surface area contributed by atoms with E-state index >= 15 is 0 Å². The van der Waals surface area contributed by atoms with Gasteiger partial charge in [0.25, 0.3) is 0 Å². The lowest BCUT2D eigenvalue weighted by Crippen LogP contribution is -2.36. The van der Waals surface area contributed by atoms with Crippen LogP contribution in [0.25, 0.3) is 0 Å². The van der Waals surface area contributed by atoms with Crippen molar-refractivity contribution in [3.63, 3.8) is 0 Å². The summed E-state index contributed by atoms with van der Waals surface area (Å²) < 4.78 is 21.1. The molecule has 1 aromatic rings. The number of ether oxygens (including phenoxy) is 4. The summed E-state index contributed by atoms with van der Waals surface area (Å²) in [6, 6.07) is 4.77. The fourth-order valence-electron chi connectivity index (χ4n) is 3.62. The quantitative estimate of drug-likeness (QED) is 0.671. The highest BCUT2D eigenvalue weighted by Gasteiger charge is 2.33. The highest BCUT2D eigenvalue weighted by Crippen LogP contribution is 2.35. The molecule has 1 saturated carbocycles. The summed E-state index contributed by atoms with van der Waals surface area (Å²) in [5, 5.41) is 0. The fraction of sp³-hybridized carbons (Fsp3) is 0.619. The maximum Gasteiger partial charge on any atom is 0.344 e.